The average molecular weight is 336 g/mol. The Kier molecular flexibility index (Phi) is 7.62. The third kappa shape index (κ3) is 7.39. The topological polar surface area (TPSA) is 94.6 Å². The number of thiazole rings is 1. The summed E-state index contributed by atoms with van der Waals surface area (Å²) in [7, 11) is -2.09. The van der Waals surface area contributed by atoms with E-state index in [0.717, 1.165) is 5.69 Å². The molecule has 0 unspecified atom stereocenters. The lowest BCUT2D eigenvalue weighted by atomic mass is 10.2. The van der Waals surface area contributed by atoms with E-state index in [9.17, 15) is 13.2 Å². The van der Waals surface area contributed by atoms with Crippen LogP contribution in [0.3, 0.4) is 0 Å². The van der Waals surface area contributed by atoms with Gasteiger partial charge in [-0.25, -0.2) is 13.4 Å². The summed E-state index contributed by atoms with van der Waals surface area (Å²) >= 11 is 1.22. The van der Waals surface area contributed by atoms with Crippen LogP contribution in [0.4, 0.5) is 5.13 Å². The highest BCUT2D eigenvalue weighted by Crippen LogP contribution is 2.18. The molecular weight excluding hydrogens is 316 g/mol. The van der Waals surface area contributed by atoms with Crippen molar-refractivity contribution < 1.29 is 22.7 Å². The zero-order valence-electron chi connectivity index (χ0n) is 12.1. The summed E-state index contributed by atoms with van der Waals surface area (Å²) in [6, 6.07) is 0. The number of hydrogen-bond donors (Lipinski definition) is 1. The summed E-state index contributed by atoms with van der Waals surface area (Å²) in [5.74, 6) is -0.361. The maximum Gasteiger partial charge on any atom is 0.305 e. The van der Waals surface area contributed by atoms with Crippen molar-refractivity contribution in [3.8, 4) is 0 Å². The van der Waals surface area contributed by atoms with Crippen LogP contribution in [-0.4, -0.2) is 45.4 Å². The second kappa shape index (κ2) is 8.96. The van der Waals surface area contributed by atoms with Gasteiger partial charge in [0.25, 0.3) is 0 Å². The van der Waals surface area contributed by atoms with Crippen molar-refractivity contribution in [2.75, 3.05) is 30.8 Å². The molecule has 1 aromatic rings. The quantitative estimate of drug-likeness (QED) is 0.513. The Morgan fingerprint density at radius 2 is 2.24 bits per heavy atom. The molecule has 0 fully saturated rings. The molecular formula is C12H20N2O5S2. The normalized spacial score (nSPS) is 11.3. The molecule has 120 valence electrons. The largest absolute Gasteiger partial charge is 0.469 e. The van der Waals surface area contributed by atoms with E-state index >= 15 is 0 Å². The number of carbonyl (C=O) groups is 1. The number of aromatic nitrogens is 1. The minimum Gasteiger partial charge on any atom is -0.469 e. The van der Waals surface area contributed by atoms with Crippen LogP contribution in [0.15, 0.2) is 5.38 Å². The van der Waals surface area contributed by atoms with Gasteiger partial charge in [0, 0.05) is 18.4 Å². The van der Waals surface area contributed by atoms with E-state index in [-0.39, 0.29) is 18.3 Å². The molecule has 21 heavy (non-hydrogen) atoms. The number of rotatable bonds is 10. The number of carbonyl (C=O) groups excluding carboxylic acids is 1. The van der Waals surface area contributed by atoms with Crippen LogP contribution in [0.1, 0.15) is 25.5 Å². The molecule has 0 bridgehead atoms. The van der Waals surface area contributed by atoms with Crippen molar-refractivity contribution >= 4 is 32.5 Å². The second-order valence-corrected chi connectivity index (χ2v) is 6.89. The minimum absolute atomic E-state index is 0.0991. The number of aryl methyl sites for hydroxylation is 1. The fourth-order valence-electron chi connectivity index (χ4n) is 1.48. The van der Waals surface area contributed by atoms with Gasteiger partial charge in [-0.2, -0.15) is 0 Å². The van der Waals surface area contributed by atoms with Crippen molar-refractivity contribution in [2.24, 2.45) is 0 Å². The highest BCUT2D eigenvalue weighted by Gasteiger charge is 2.13. The number of sulfonamides is 1. The molecule has 0 atom stereocenters. The Morgan fingerprint density at radius 1 is 1.48 bits per heavy atom. The molecule has 0 saturated heterocycles. The minimum atomic E-state index is -3.43. The molecule has 0 spiro atoms. The summed E-state index contributed by atoms with van der Waals surface area (Å²) in [6.07, 6.45) is 1.54. The third-order valence-electron chi connectivity index (χ3n) is 2.54. The van der Waals surface area contributed by atoms with Gasteiger partial charge in [0.05, 0.1) is 25.2 Å². The number of esters is 1. The van der Waals surface area contributed by atoms with Crippen LogP contribution in [0.25, 0.3) is 0 Å². The SMILES string of the molecule is CCOCCS(=O)(=O)Nc1nc(CCCC(=O)OC)cs1. The highest BCUT2D eigenvalue weighted by molar-refractivity contribution is 7.92. The van der Waals surface area contributed by atoms with Crippen molar-refractivity contribution in [3.63, 3.8) is 0 Å². The van der Waals surface area contributed by atoms with Crippen LogP contribution < -0.4 is 4.72 Å². The summed E-state index contributed by atoms with van der Waals surface area (Å²) in [5.41, 5.74) is 0.756. The number of nitrogens with one attached hydrogen (secondary N) is 1. The molecule has 0 saturated carbocycles. The first-order valence-electron chi connectivity index (χ1n) is 6.56. The molecule has 0 aliphatic heterocycles. The first kappa shape index (κ1) is 17.9. The second-order valence-electron chi connectivity index (χ2n) is 4.19. The lowest BCUT2D eigenvalue weighted by molar-refractivity contribution is -0.140. The van der Waals surface area contributed by atoms with E-state index < -0.39 is 10.0 Å². The van der Waals surface area contributed by atoms with Crippen LogP contribution in [-0.2, 0) is 30.7 Å². The van der Waals surface area contributed by atoms with Crippen molar-refractivity contribution in [1.29, 1.82) is 0 Å². The van der Waals surface area contributed by atoms with Gasteiger partial charge in [-0.1, -0.05) is 0 Å². The van der Waals surface area contributed by atoms with E-state index in [1.807, 2.05) is 6.92 Å². The number of anilines is 1. The van der Waals surface area contributed by atoms with E-state index in [2.05, 4.69) is 14.4 Å². The smallest absolute Gasteiger partial charge is 0.305 e. The molecule has 9 heteroatoms. The predicted molar refractivity (Wildman–Crippen MR) is 81.0 cm³/mol. The number of methoxy groups -OCH3 is 1. The lowest BCUT2D eigenvalue weighted by Crippen LogP contribution is -2.20. The van der Waals surface area contributed by atoms with Crippen LogP contribution in [0.2, 0.25) is 0 Å². The zero-order chi connectivity index (χ0) is 15.7. The Hall–Kier alpha value is -1.19. The molecule has 1 heterocycles. The highest BCUT2D eigenvalue weighted by atomic mass is 32.2. The van der Waals surface area contributed by atoms with Gasteiger partial charge in [-0.3, -0.25) is 9.52 Å². The fraction of sp³-hybridized carbons (Fsp3) is 0.667. The predicted octanol–water partition coefficient (Wildman–Crippen LogP) is 1.42. The molecule has 7 nitrogen and oxygen atoms in total. The molecule has 0 radical (unpaired) electrons. The Morgan fingerprint density at radius 3 is 2.90 bits per heavy atom. The zero-order valence-corrected chi connectivity index (χ0v) is 13.8. The lowest BCUT2D eigenvalue weighted by Gasteiger charge is -2.04. The Balaban J connectivity index is 2.42. The third-order valence-corrected chi connectivity index (χ3v) is 4.68. The maximum atomic E-state index is 11.7. The van der Waals surface area contributed by atoms with Crippen molar-refractivity contribution in [3.05, 3.63) is 11.1 Å². The fourth-order valence-corrected chi connectivity index (χ4v) is 3.39. The monoisotopic (exact) mass is 336 g/mol. The summed E-state index contributed by atoms with van der Waals surface area (Å²) in [6.45, 7) is 2.45. The van der Waals surface area contributed by atoms with Gasteiger partial charge in [0.2, 0.25) is 10.0 Å². The molecule has 0 aliphatic rings. The summed E-state index contributed by atoms with van der Waals surface area (Å²) < 4.78 is 35.5. The number of hydrogen-bond acceptors (Lipinski definition) is 7. The Labute approximate surface area is 128 Å². The molecule has 0 aromatic carbocycles. The van der Waals surface area contributed by atoms with E-state index in [4.69, 9.17) is 4.74 Å². The first-order chi connectivity index (χ1) is 9.96. The van der Waals surface area contributed by atoms with Gasteiger partial charge < -0.3 is 9.47 Å². The van der Waals surface area contributed by atoms with Gasteiger partial charge in [-0.05, 0) is 19.8 Å². The maximum absolute atomic E-state index is 11.7. The van der Waals surface area contributed by atoms with Crippen LogP contribution >= 0.6 is 11.3 Å². The first-order valence-corrected chi connectivity index (χ1v) is 9.09. The van der Waals surface area contributed by atoms with E-state index in [0.29, 0.717) is 31.0 Å². The van der Waals surface area contributed by atoms with Crippen molar-refractivity contribution in [2.45, 2.75) is 26.2 Å². The van der Waals surface area contributed by atoms with Gasteiger partial charge in [-0.15, -0.1) is 11.3 Å². The molecule has 1 aromatic heterocycles. The van der Waals surface area contributed by atoms with Gasteiger partial charge in [0.1, 0.15) is 0 Å². The summed E-state index contributed by atoms with van der Waals surface area (Å²) in [5, 5.41) is 2.11. The van der Waals surface area contributed by atoms with E-state index in [1.165, 1.54) is 18.4 Å². The molecule has 1 rings (SSSR count). The molecule has 1 N–H and O–H groups in total. The number of nitrogens with zero attached hydrogens (tertiary/aromatic N) is 1. The standard InChI is InChI=1S/C12H20N2O5S2/c1-3-19-7-8-21(16,17)14-12-13-10(9-20-12)5-4-6-11(15)18-2/h9H,3-8H2,1-2H3,(H,13,14). The summed E-state index contributed by atoms with van der Waals surface area (Å²) in [4.78, 5) is 15.2. The van der Waals surface area contributed by atoms with Crippen molar-refractivity contribution in [1.82, 2.24) is 4.98 Å². The van der Waals surface area contributed by atoms with E-state index in [1.54, 1.807) is 5.38 Å². The van der Waals surface area contributed by atoms with Crippen LogP contribution in [0, 0.1) is 0 Å². The molecule has 0 aliphatic carbocycles. The molecule has 0 amide bonds. The number of ether oxygens (including phenoxy) is 2. The Bertz CT molecular complexity index is 542. The van der Waals surface area contributed by atoms with Crippen LogP contribution in [0.5, 0.6) is 0 Å². The van der Waals surface area contributed by atoms with Gasteiger partial charge >= 0.3 is 5.97 Å². The van der Waals surface area contributed by atoms with Gasteiger partial charge in [0.15, 0.2) is 5.13 Å². The average Bonchev–Trinajstić information content (AvgIpc) is 2.85.